The van der Waals surface area contributed by atoms with E-state index in [1.165, 1.54) is 18.2 Å². The molecule has 1 heterocycles. The predicted molar refractivity (Wildman–Crippen MR) is 81.3 cm³/mol. The quantitative estimate of drug-likeness (QED) is 0.865. The Morgan fingerprint density at radius 3 is 2.64 bits per heavy atom. The van der Waals surface area contributed by atoms with Crippen molar-refractivity contribution in [3.8, 4) is 0 Å². The number of anilines is 1. The van der Waals surface area contributed by atoms with Gasteiger partial charge in [-0.3, -0.25) is 14.5 Å². The molecule has 1 saturated carbocycles. The monoisotopic (exact) mass is 321 g/mol. The molecule has 1 aromatic rings. The summed E-state index contributed by atoms with van der Waals surface area (Å²) in [6.45, 7) is 0. The molecule has 1 aliphatic carbocycles. The Kier molecular flexibility index (Phi) is 3.91. The van der Waals surface area contributed by atoms with Gasteiger partial charge in [0.25, 0.3) is 11.7 Å². The predicted octanol–water partition coefficient (Wildman–Crippen LogP) is 2.90. The van der Waals surface area contributed by atoms with Crippen LogP contribution in [0.4, 0.5) is 5.69 Å². The standard InChI is InChI=1S/C16H16ClNO4/c17-10-5-6-11-12(8-10)18(15(20)14(11)19)13(16(21)22)7-9-3-1-2-4-9/h5-6,8-9,13H,1-4,7H2,(H,21,22). The van der Waals surface area contributed by atoms with E-state index >= 15 is 0 Å². The van der Waals surface area contributed by atoms with Crippen molar-refractivity contribution in [3.63, 3.8) is 0 Å². The number of carbonyl (C=O) groups excluding carboxylic acids is 2. The second-order valence-electron chi connectivity index (χ2n) is 5.91. The van der Waals surface area contributed by atoms with Crippen molar-refractivity contribution in [2.75, 3.05) is 4.90 Å². The lowest BCUT2D eigenvalue weighted by atomic mass is 9.97. The van der Waals surface area contributed by atoms with Crippen LogP contribution in [-0.4, -0.2) is 28.8 Å². The first-order chi connectivity index (χ1) is 10.5. The van der Waals surface area contributed by atoms with E-state index in [2.05, 4.69) is 0 Å². The number of rotatable bonds is 4. The highest BCUT2D eigenvalue weighted by atomic mass is 35.5. The van der Waals surface area contributed by atoms with Crippen LogP contribution in [0.25, 0.3) is 0 Å². The molecular weight excluding hydrogens is 306 g/mol. The number of aliphatic carboxylic acids is 1. The van der Waals surface area contributed by atoms with Crippen molar-refractivity contribution in [2.45, 2.75) is 38.1 Å². The Morgan fingerprint density at radius 2 is 2.00 bits per heavy atom. The first kappa shape index (κ1) is 15.0. The van der Waals surface area contributed by atoms with E-state index in [9.17, 15) is 19.5 Å². The average molecular weight is 322 g/mol. The second-order valence-corrected chi connectivity index (χ2v) is 6.34. The fourth-order valence-corrected chi connectivity index (χ4v) is 3.58. The Balaban J connectivity index is 1.97. The summed E-state index contributed by atoms with van der Waals surface area (Å²) in [5.74, 6) is -2.24. The van der Waals surface area contributed by atoms with Gasteiger partial charge in [-0.1, -0.05) is 37.3 Å². The number of amides is 1. The number of halogens is 1. The molecule has 2 aliphatic rings. The molecule has 0 aromatic heterocycles. The van der Waals surface area contributed by atoms with Crippen molar-refractivity contribution in [2.24, 2.45) is 5.92 Å². The molecule has 1 unspecified atom stereocenters. The number of benzene rings is 1. The SMILES string of the molecule is O=C1C(=O)N(C(CC2CCCC2)C(=O)O)c2cc(Cl)ccc21. The normalized spacial score (nSPS) is 19.6. The van der Waals surface area contributed by atoms with Gasteiger partial charge in [0.2, 0.25) is 0 Å². The summed E-state index contributed by atoms with van der Waals surface area (Å²) in [4.78, 5) is 37.1. The number of Topliss-reactive ketones (excluding diaryl/α,β-unsaturated/α-hetero) is 1. The molecule has 116 valence electrons. The summed E-state index contributed by atoms with van der Waals surface area (Å²) in [6, 6.07) is 3.48. The molecule has 1 N–H and O–H groups in total. The minimum atomic E-state index is -1.08. The smallest absolute Gasteiger partial charge is 0.326 e. The van der Waals surface area contributed by atoms with Gasteiger partial charge in [0.15, 0.2) is 0 Å². The Bertz CT molecular complexity index is 652. The maximum absolute atomic E-state index is 12.3. The lowest BCUT2D eigenvalue weighted by Crippen LogP contribution is -2.45. The van der Waals surface area contributed by atoms with Crippen LogP contribution in [0.15, 0.2) is 18.2 Å². The van der Waals surface area contributed by atoms with Crippen LogP contribution in [0.5, 0.6) is 0 Å². The zero-order valence-corrected chi connectivity index (χ0v) is 12.7. The van der Waals surface area contributed by atoms with Crippen LogP contribution in [0, 0.1) is 5.92 Å². The summed E-state index contributed by atoms with van der Waals surface area (Å²) >= 11 is 5.94. The third-order valence-corrected chi connectivity index (χ3v) is 4.74. The van der Waals surface area contributed by atoms with Crippen molar-refractivity contribution in [3.05, 3.63) is 28.8 Å². The van der Waals surface area contributed by atoms with Gasteiger partial charge in [0.1, 0.15) is 6.04 Å². The Labute approximate surface area is 132 Å². The van der Waals surface area contributed by atoms with Gasteiger partial charge in [-0.15, -0.1) is 0 Å². The highest BCUT2D eigenvalue weighted by Crippen LogP contribution is 2.36. The lowest BCUT2D eigenvalue weighted by Gasteiger charge is -2.26. The van der Waals surface area contributed by atoms with Gasteiger partial charge in [-0.2, -0.15) is 0 Å². The van der Waals surface area contributed by atoms with Crippen LogP contribution < -0.4 is 4.90 Å². The molecule has 0 radical (unpaired) electrons. The van der Waals surface area contributed by atoms with E-state index in [1.807, 2.05) is 0 Å². The zero-order valence-electron chi connectivity index (χ0n) is 11.9. The number of carboxylic acid groups (broad SMARTS) is 1. The van der Waals surface area contributed by atoms with Gasteiger partial charge in [0, 0.05) is 5.02 Å². The minimum Gasteiger partial charge on any atom is -0.480 e. The van der Waals surface area contributed by atoms with Gasteiger partial charge in [-0.05, 0) is 30.5 Å². The maximum atomic E-state index is 12.3. The van der Waals surface area contributed by atoms with Crippen molar-refractivity contribution >= 4 is 34.9 Å². The zero-order chi connectivity index (χ0) is 15.9. The molecule has 1 aromatic carbocycles. The molecule has 22 heavy (non-hydrogen) atoms. The first-order valence-corrected chi connectivity index (χ1v) is 7.77. The molecule has 0 bridgehead atoms. The highest BCUT2D eigenvalue weighted by molar-refractivity contribution is 6.53. The number of nitrogens with zero attached hydrogens (tertiary/aromatic N) is 1. The third-order valence-electron chi connectivity index (χ3n) is 4.51. The van der Waals surface area contributed by atoms with E-state index in [0.717, 1.165) is 30.6 Å². The summed E-state index contributed by atoms with van der Waals surface area (Å²) in [7, 11) is 0. The van der Waals surface area contributed by atoms with E-state index < -0.39 is 23.7 Å². The number of fused-ring (bicyclic) bond motifs is 1. The molecule has 1 fully saturated rings. The Hall–Kier alpha value is -1.88. The molecule has 0 spiro atoms. The third kappa shape index (κ3) is 2.50. The van der Waals surface area contributed by atoms with Gasteiger partial charge in [-0.25, -0.2) is 4.79 Å². The lowest BCUT2D eigenvalue weighted by molar-refractivity contribution is -0.140. The van der Waals surface area contributed by atoms with Crippen LogP contribution in [0.3, 0.4) is 0 Å². The molecule has 3 rings (SSSR count). The maximum Gasteiger partial charge on any atom is 0.326 e. The Morgan fingerprint density at radius 1 is 1.32 bits per heavy atom. The van der Waals surface area contributed by atoms with Crippen LogP contribution >= 0.6 is 11.6 Å². The van der Waals surface area contributed by atoms with E-state index in [0.29, 0.717) is 17.1 Å². The van der Waals surface area contributed by atoms with E-state index in [-0.39, 0.29) is 11.5 Å². The van der Waals surface area contributed by atoms with Gasteiger partial charge in [0.05, 0.1) is 11.3 Å². The van der Waals surface area contributed by atoms with Crippen LogP contribution in [-0.2, 0) is 9.59 Å². The van der Waals surface area contributed by atoms with Crippen LogP contribution in [0.2, 0.25) is 5.02 Å². The molecule has 1 atom stereocenters. The van der Waals surface area contributed by atoms with Gasteiger partial charge >= 0.3 is 5.97 Å². The molecule has 6 heteroatoms. The number of hydrogen-bond donors (Lipinski definition) is 1. The van der Waals surface area contributed by atoms with Crippen molar-refractivity contribution in [1.82, 2.24) is 0 Å². The fourth-order valence-electron chi connectivity index (χ4n) is 3.42. The van der Waals surface area contributed by atoms with E-state index in [4.69, 9.17) is 11.6 Å². The van der Waals surface area contributed by atoms with Gasteiger partial charge < -0.3 is 5.11 Å². The minimum absolute atomic E-state index is 0.229. The second kappa shape index (κ2) is 5.72. The largest absolute Gasteiger partial charge is 0.480 e. The number of carbonyl (C=O) groups is 3. The first-order valence-electron chi connectivity index (χ1n) is 7.39. The number of carboxylic acids is 1. The fraction of sp³-hybridized carbons (Fsp3) is 0.438. The van der Waals surface area contributed by atoms with E-state index in [1.54, 1.807) is 0 Å². The molecule has 1 aliphatic heterocycles. The molecule has 5 nitrogen and oxygen atoms in total. The van der Waals surface area contributed by atoms with Crippen LogP contribution in [0.1, 0.15) is 42.5 Å². The van der Waals surface area contributed by atoms with Crippen molar-refractivity contribution < 1.29 is 19.5 Å². The van der Waals surface area contributed by atoms with Crippen molar-refractivity contribution in [1.29, 1.82) is 0 Å². The molecule has 0 saturated heterocycles. The summed E-state index contributed by atoms with van der Waals surface area (Å²) in [5.41, 5.74) is 0.542. The molecular formula is C16H16ClNO4. The summed E-state index contributed by atoms with van der Waals surface area (Å²) < 4.78 is 0. The summed E-state index contributed by atoms with van der Waals surface area (Å²) in [5, 5.41) is 9.93. The topological polar surface area (TPSA) is 74.7 Å². The average Bonchev–Trinajstić information content (AvgIpc) is 3.05. The number of ketones is 1. The highest BCUT2D eigenvalue weighted by Gasteiger charge is 2.43. The molecule has 1 amide bonds. The number of hydrogen-bond acceptors (Lipinski definition) is 3. The summed E-state index contributed by atoms with van der Waals surface area (Å²) in [6.07, 6.45) is 4.50.